The van der Waals surface area contributed by atoms with Crippen molar-refractivity contribution in [3.05, 3.63) is 42.7 Å². The number of fused-ring (bicyclic) bond motifs is 1. The first-order chi connectivity index (χ1) is 15.7. The Morgan fingerprint density at radius 3 is 2.31 bits per heavy atom. The third-order valence-electron chi connectivity index (χ3n) is 6.29. The Balaban J connectivity index is 1.14. The number of hydrogen-bond donors (Lipinski definition) is 0. The number of piperidine rings is 1. The Hall–Kier alpha value is -3.36. The van der Waals surface area contributed by atoms with Gasteiger partial charge in [0.25, 0.3) is 5.91 Å². The molecule has 1 aromatic carbocycles. The quantitative estimate of drug-likeness (QED) is 0.713. The molecule has 3 aliphatic rings. The van der Waals surface area contributed by atoms with Crippen molar-refractivity contribution in [2.75, 3.05) is 50.8 Å². The van der Waals surface area contributed by atoms with E-state index in [1.807, 2.05) is 23.1 Å². The van der Waals surface area contributed by atoms with Crippen molar-refractivity contribution in [1.29, 1.82) is 0 Å². The van der Waals surface area contributed by atoms with E-state index >= 15 is 0 Å². The summed E-state index contributed by atoms with van der Waals surface area (Å²) in [4.78, 5) is 40.5. The molecule has 2 amide bonds. The van der Waals surface area contributed by atoms with E-state index in [0.717, 1.165) is 19.4 Å². The number of carbonyl (C=O) groups is 2. The molecule has 9 nitrogen and oxygen atoms in total. The van der Waals surface area contributed by atoms with E-state index < -0.39 is 6.10 Å². The predicted octanol–water partition coefficient (Wildman–Crippen LogP) is 1.20. The molecule has 4 heterocycles. The molecule has 0 aliphatic carbocycles. The molecule has 0 spiro atoms. The van der Waals surface area contributed by atoms with Crippen LogP contribution in [0.2, 0.25) is 0 Å². The largest absolute Gasteiger partial charge is 0.485 e. The molecular formula is C23H27N5O4. The fourth-order valence-electron chi connectivity index (χ4n) is 4.57. The fourth-order valence-corrected chi connectivity index (χ4v) is 4.57. The van der Waals surface area contributed by atoms with Crippen molar-refractivity contribution >= 4 is 17.8 Å². The standard InChI is InChI=1S/C23H27N5O4/c29-21(17-5-3-10-28(15-17)23-24-8-4-9-25-23)26-11-13-27(14-12-26)22(30)20-16-31-18-6-1-2-7-19(18)32-20/h1-2,4,6-9,17,20H,3,5,10-16H2/t17-,20-/m1/s1. The maximum atomic E-state index is 13.2. The third kappa shape index (κ3) is 4.19. The SMILES string of the molecule is O=C([C@@H]1CCCN(c2ncccn2)C1)N1CCN(C(=O)[C@H]2COc3ccccc3O2)CC1. The summed E-state index contributed by atoms with van der Waals surface area (Å²) in [6.07, 6.45) is 4.61. The van der Waals surface area contributed by atoms with E-state index in [1.165, 1.54) is 0 Å². The summed E-state index contributed by atoms with van der Waals surface area (Å²) in [5.41, 5.74) is 0. The lowest BCUT2D eigenvalue weighted by molar-refractivity contribution is -0.147. The van der Waals surface area contributed by atoms with E-state index in [9.17, 15) is 9.59 Å². The van der Waals surface area contributed by atoms with Gasteiger partial charge in [-0.1, -0.05) is 12.1 Å². The second kappa shape index (κ2) is 9.02. The van der Waals surface area contributed by atoms with Crippen LogP contribution in [0, 0.1) is 5.92 Å². The molecule has 9 heteroatoms. The summed E-state index contributed by atoms with van der Waals surface area (Å²) in [5.74, 6) is 1.93. The molecule has 0 unspecified atom stereocenters. The highest BCUT2D eigenvalue weighted by Crippen LogP contribution is 2.31. The molecule has 2 saturated heterocycles. The summed E-state index contributed by atoms with van der Waals surface area (Å²) in [6.45, 7) is 3.78. The lowest BCUT2D eigenvalue weighted by Gasteiger charge is -2.40. The summed E-state index contributed by atoms with van der Waals surface area (Å²) < 4.78 is 11.5. The van der Waals surface area contributed by atoms with Gasteiger partial charge in [0.2, 0.25) is 18.0 Å². The number of nitrogens with zero attached hydrogens (tertiary/aromatic N) is 5. The first-order valence-electron chi connectivity index (χ1n) is 11.2. The Kier molecular flexibility index (Phi) is 5.79. The minimum Gasteiger partial charge on any atom is -0.485 e. The van der Waals surface area contributed by atoms with E-state index in [4.69, 9.17) is 9.47 Å². The van der Waals surface area contributed by atoms with Crippen LogP contribution in [-0.2, 0) is 9.59 Å². The summed E-state index contributed by atoms with van der Waals surface area (Å²) in [5, 5.41) is 0. The topological polar surface area (TPSA) is 88.1 Å². The van der Waals surface area contributed by atoms with Crippen LogP contribution in [0.5, 0.6) is 11.5 Å². The molecule has 3 aliphatic heterocycles. The third-order valence-corrected chi connectivity index (χ3v) is 6.29. The van der Waals surface area contributed by atoms with Gasteiger partial charge in [0, 0.05) is 51.7 Å². The molecule has 0 N–H and O–H groups in total. The van der Waals surface area contributed by atoms with Crippen molar-refractivity contribution in [2.45, 2.75) is 18.9 Å². The average molecular weight is 438 g/mol. The molecule has 168 valence electrons. The maximum absolute atomic E-state index is 13.2. The number of anilines is 1. The van der Waals surface area contributed by atoms with Gasteiger partial charge < -0.3 is 24.2 Å². The number of ether oxygens (including phenoxy) is 2. The number of aromatic nitrogens is 2. The van der Waals surface area contributed by atoms with Crippen LogP contribution in [-0.4, -0.2) is 83.6 Å². The lowest BCUT2D eigenvalue weighted by atomic mass is 9.96. The number of amides is 2. The lowest BCUT2D eigenvalue weighted by Crippen LogP contribution is -2.56. The number of hydrogen-bond acceptors (Lipinski definition) is 7. The van der Waals surface area contributed by atoms with Crippen LogP contribution in [0.15, 0.2) is 42.7 Å². The van der Waals surface area contributed by atoms with Crippen molar-refractivity contribution in [2.24, 2.45) is 5.92 Å². The zero-order valence-corrected chi connectivity index (χ0v) is 17.9. The van der Waals surface area contributed by atoms with Crippen molar-refractivity contribution < 1.29 is 19.1 Å². The predicted molar refractivity (Wildman–Crippen MR) is 116 cm³/mol. The Labute approximate surface area is 186 Å². The molecule has 5 rings (SSSR count). The highest BCUT2D eigenvalue weighted by molar-refractivity contribution is 5.83. The number of carbonyl (C=O) groups excluding carboxylic acids is 2. The number of benzene rings is 1. The Bertz CT molecular complexity index is 964. The highest BCUT2D eigenvalue weighted by atomic mass is 16.6. The molecule has 2 aromatic rings. The molecule has 1 aromatic heterocycles. The molecule has 0 bridgehead atoms. The Morgan fingerprint density at radius 1 is 0.875 bits per heavy atom. The van der Waals surface area contributed by atoms with Gasteiger partial charge in [0.05, 0.1) is 5.92 Å². The van der Waals surface area contributed by atoms with Gasteiger partial charge in [-0.05, 0) is 31.0 Å². The smallest absolute Gasteiger partial charge is 0.267 e. The van der Waals surface area contributed by atoms with Gasteiger partial charge in [-0.15, -0.1) is 0 Å². The Morgan fingerprint density at radius 2 is 1.56 bits per heavy atom. The molecular weight excluding hydrogens is 410 g/mol. The normalized spacial score (nSPS) is 23.1. The van der Waals surface area contributed by atoms with Crippen molar-refractivity contribution in [1.82, 2.24) is 19.8 Å². The number of piperazine rings is 1. The van der Waals surface area contributed by atoms with E-state index in [0.29, 0.717) is 50.2 Å². The monoisotopic (exact) mass is 437 g/mol. The minimum atomic E-state index is -0.648. The molecule has 0 radical (unpaired) electrons. The summed E-state index contributed by atoms with van der Waals surface area (Å²) in [6, 6.07) is 9.16. The van der Waals surface area contributed by atoms with Gasteiger partial charge in [-0.2, -0.15) is 0 Å². The molecule has 32 heavy (non-hydrogen) atoms. The van der Waals surface area contributed by atoms with Crippen molar-refractivity contribution in [3.63, 3.8) is 0 Å². The van der Waals surface area contributed by atoms with Crippen LogP contribution in [0.3, 0.4) is 0 Å². The second-order valence-corrected chi connectivity index (χ2v) is 8.35. The van der Waals surface area contributed by atoms with Gasteiger partial charge in [0.15, 0.2) is 11.5 Å². The van der Waals surface area contributed by atoms with Crippen LogP contribution >= 0.6 is 0 Å². The zero-order valence-electron chi connectivity index (χ0n) is 17.9. The first-order valence-corrected chi connectivity index (χ1v) is 11.2. The maximum Gasteiger partial charge on any atom is 0.267 e. The van der Waals surface area contributed by atoms with Crippen LogP contribution < -0.4 is 14.4 Å². The van der Waals surface area contributed by atoms with Gasteiger partial charge in [0.1, 0.15) is 6.61 Å². The highest BCUT2D eigenvalue weighted by Gasteiger charge is 2.35. The van der Waals surface area contributed by atoms with Gasteiger partial charge in [-0.25, -0.2) is 9.97 Å². The summed E-state index contributed by atoms with van der Waals surface area (Å²) >= 11 is 0. The molecule has 2 atom stereocenters. The molecule has 0 saturated carbocycles. The number of rotatable bonds is 3. The number of para-hydroxylation sites is 2. The van der Waals surface area contributed by atoms with E-state index in [2.05, 4.69) is 14.9 Å². The average Bonchev–Trinajstić information content (AvgIpc) is 2.88. The van der Waals surface area contributed by atoms with Gasteiger partial charge >= 0.3 is 0 Å². The van der Waals surface area contributed by atoms with E-state index in [-0.39, 0.29) is 24.3 Å². The fraction of sp³-hybridized carbons (Fsp3) is 0.478. The first kappa shape index (κ1) is 20.5. The molecule has 2 fully saturated rings. The second-order valence-electron chi connectivity index (χ2n) is 8.35. The van der Waals surface area contributed by atoms with Crippen LogP contribution in [0.25, 0.3) is 0 Å². The summed E-state index contributed by atoms with van der Waals surface area (Å²) in [7, 11) is 0. The van der Waals surface area contributed by atoms with Gasteiger partial charge in [-0.3, -0.25) is 9.59 Å². The van der Waals surface area contributed by atoms with E-state index in [1.54, 1.807) is 29.4 Å². The van der Waals surface area contributed by atoms with Crippen molar-refractivity contribution in [3.8, 4) is 11.5 Å². The van der Waals surface area contributed by atoms with Crippen LogP contribution in [0.1, 0.15) is 12.8 Å². The zero-order chi connectivity index (χ0) is 21.9. The minimum absolute atomic E-state index is 0.0682. The van der Waals surface area contributed by atoms with Crippen LogP contribution in [0.4, 0.5) is 5.95 Å².